The molecule has 0 aliphatic rings. The number of amides is 1. The van der Waals surface area contributed by atoms with E-state index in [1.807, 2.05) is 36.7 Å². The first-order valence-corrected chi connectivity index (χ1v) is 6.09. The minimum Gasteiger partial charge on any atom is -0.365 e. The van der Waals surface area contributed by atoms with Crippen molar-refractivity contribution in [1.82, 2.24) is 4.98 Å². The maximum absolute atomic E-state index is 11.1. The van der Waals surface area contributed by atoms with Gasteiger partial charge in [-0.2, -0.15) is 0 Å². The van der Waals surface area contributed by atoms with Gasteiger partial charge in [0.25, 0.3) is 0 Å². The molecule has 0 aliphatic carbocycles. The van der Waals surface area contributed by atoms with Gasteiger partial charge in [0.05, 0.1) is 11.4 Å². The van der Waals surface area contributed by atoms with E-state index in [0.717, 1.165) is 22.1 Å². The Labute approximate surface area is 104 Å². The van der Waals surface area contributed by atoms with Crippen molar-refractivity contribution in [3.05, 3.63) is 29.6 Å². The van der Waals surface area contributed by atoms with Gasteiger partial charge in [-0.15, -0.1) is 11.3 Å². The minimum atomic E-state index is -0.0819. The van der Waals surface area contributed by atoms with E-state index in [4.69, 9.17) is 0 Å². The second-order valence-electron chi connectivity index (χ2n) is 3.51. The first-order chi connectivity index (χ1) is 8.20. The zero-order chi connectivity index (χ0) is 12.3. The third-order valence-electron chi connectivity index (χ3n) is 2.23. The molecule has 0 radical (unpaired) electrons. The van der Waals surface area contributed by atoms with Crippen molar-refractivity contribution in [1.29, 1.82) is 0 Å². The minimum absolute atomic E-state index is 0.0819. The molecule has 2 N–H and O–H groups in total. The number of carbonyl (C=O) groups is 1. The predicted octanol–water partition coefficient (Wildman–Crippen LogP) is 2.81. The van der Waals surface area contributed by atoms with Crippen LogP contribution in [0.25, 0.3) is 11.3 Å². The van der Waals surface area contributed by atoms with Gasteiger partial charge in [-0.3, -0.25) is 4.79 Å². The second-order valence-corrected chi connectivity index (χ2v) is 4.37. The van der Waals surface area contributed by atoms with Gasteiger partial charge in [0.1, 0.15) is 0 Å². The number of para-hydroxylation sites is 1. The molecule has 2 aromatic rings. The Morgan fingerprint density at radius 3 is 2.76 bits per heavy atom. The summed E-state index contributed by atoms with van der Waals surface area (Å²) in [6.07, 6.45) is 0. The normalized spacial score (nSPS) is 10.0. The van der Waals surface area contributed by atoms with E-state index in [-0.39, 0.29) is 5.91 Å². The van der Waals surface area contributed by atoms with Crippen LogP contribution in [0.15, 0.2) is 29.6 Å². The van der Waals surface area contributed by atoms with E-state index in [2.05, 4.69) is 15.6 Å². The van der Waals surface area contributed by atoms with E-state index in [1.54, 1.807) is 0 Å². The van der Waals surface area contributed by atoms with Gasteiger partial charge in [0.2, 0.25) is 5.91 Å². The molecule has 1 aromatic heterocycles. The molecule has 2 rings (SSSR count). The lowest BCUT2D eigenvalue weighted by atomic mass is 10.1. The molecular formula is C12H13N3OS. The number of thiazole rings is 1. The van der Waals surface area contributed by atoms with Crippen molar-refractivity contribution < 1.29 is 4.79 Å². The maximum atomic E-state index is 11.1. The van der Waals surface area contributed by atoms with Gasteiger partial charge < -0.3 is 10.6 Å². The molecule has 1 aromatic carbocycles. The Balaban J connectivity index is 2.40. The van der Waals surface area contributed by atoms with E-state index >= 15 is 0 Å². The molecular weight excluding hydrogens is 234 g/mol. The van der Waals surface area contributed by atoms with Gasteiger partial charge in [0.15, 0.2) is 5.13 Å². The lowest BCUT2D eigenvalue weighted by Gasteiger charge is -2.07. The first kappa shape index (κ1) is 11.6. The summed E-state index contributed by atoms with van der Waals surface area (Å²) in [5.74, 6) is -0.0819. The van der Waals surface area contributed by atoms with E-state index < -0.39 is 0 Å². The van der Waals surface area contributed by atoms with Gasteiger partial charge in [-0.1, -0.05) is 18.2 Å². The number of anilines is 2. The molecule has 0 bridgehead atoms. The Morgan fingerprint density at radius 1 is 1.35 bits per heavy atom. The molecule has 17 heavy (non-hydrogen) atoms. The van der Waals surface area contributed by atoms with Crippen molar-refractivity contribution in [3.8, 4) is 11.3 Å². The zero-order valence-electron chi connectivity index (χ0n) is 9.65. The summed E-state index contributed by atoms with van der Waals surface area (Å²) >= 11 is 1.54. The molecule has 88 valence electrons. The highest BCUT2D eigenvalue weighted by Gasteiger charge is 2.08. The average molecular weight is 247 g/mol. The number of carbonyl (C=O) groups excluding carboxylic acids is 1. The molecule has 0 atom stereocenters. The number of aromatic nitrogens is 1. The summed E-state index contributed by atoms with van der Waals surface area (Å²) in [5.41, 5.74) is 2.58. The van der Waals surface area contributed by atoms with E-state index in [0.29, 0.717) is 0 Å². The van der Waals surface area contributed by atoms with Crippen LogP contribution >= 0.6 is 11.3 Å². The van der Waals surface area contributed by atoms with Crippen molar-refractivity contribution >= 4 is 28.1 Å². The number of nitrogens with zero attached hydrogens (tertiary/aromatic N) is 1. The Bertz CT molecular complexity index is 536. The van der Waals surface area contributed by atoms with Crippen LogP contribution in [0.4, 0.5) is 10.8 Å². The molecule has 0 spiro atoms. The second kappa shape index (κ2) is 4.97. The van der Waals surface area contributed by atoms with E-state index in [1.165, 1.54) is 18.3 Å². The Morgan fingerprint density at radius 2 is 2.12 bits per heavy atom. The number of benzene rings is 1. The Hall–Kier alpha value is -1.88. The van der Waals surface area contributed by atoms with Gasteiger partial charge in [-0.05, 0) is 6.07 Å². The fraction of sp³-hybridized carbons (Fsp3) is 0.167. The average Bonchev–Trinajstić information content (AvgIpc) is 2.77. The third kappa shape index (κ3) is 2.62. The van der Waals surface area contributed by atoms with Crippen LogP contribution in [-0.4, -0.2) is 17.9 Å². The summed E-state index contributed by atoms with van der Waals surface area (Å²) in [5, 5.41) is 8.63. The highest BCUT2D eigenvalue weighted by atomic mass is 32.1. The predicted molar refractivity (Wildman–Crippen MR) is 71.4 cm³/mol. The largest absolute Gasteiger partial charge is 0.365 e. The van der Waals surface area contributed by atoms with Gasteiger partial charge in [0, 0.05) is 24.9 Å². The SMILES string of the molecule is CNc1nc(-c2ccccc2NC(C)=O)cs1. The summed E-state index contributed by atoms with van der Waals surface area (Å²) in [4.78, 5) is 15.5. The number of hydrogen-bond acceptors (Lipinski definition) is 4. The number of rotatable bonds is 3. The van der Waals surface area contributed by atoms with Gasteiger partial charge >= 0.3 is 0 Å². The van der Waals surface area contributed by atoms with Crippen molar-refractivity contribution in [2.24, 2.45) is 0 Å². The molecule has 0 aliphatic heterocycles. The zero-order valence-corrected chi connectivity index (χ0v) is 10.5. The van der Waals surface area contributed by atoms with Crippen LogP contribution in [0, 0.1) is 0 Å². The fourth-order valence-electron chi connectivity index (χ4n) is 1.52. The first-order valence-electron chi connectivity index (χ1n) is 5.21. The van der Waals surface area contributed by atoms with Crippen LogP contribution in [0.2, 0.25) is 0 Å². The van der Waals surface area contributed by atoms with Crippen LogP contribution in [0.3, 0.4) is 0 Å². The summed E-state index contributed by atoms with van der Waals surface area (Å²) in [6, 6.07) is 7.63. The van der Waals surface area contributed by atoms with Crippen molar-refractivity contribution in [3.63, 3.8) is 0 Å². The summed E-state index contributed by atoms with van der Waals surface area (Å²) in [7, 11) is 1.84. The maximum Gasteiger partial charge on any atom is 0.221 e. The molecule has 0 saturated heterocycles. The molecule has 0 unspecified atom stereocenters. The highest BCUT2D eigenvalue weighted by Crippen LogP contribution is 2.30. The van der Waals surface area contributed by atoms with Crippen LogP contribution < -0.4 is 10.6 Å². The Kier molecular flexibility index (Phi) is 3.39. The van der Waals surface area contributed by atoms with Crippen LogP contribution in [0.1, 0.15) is 6.92 Å². The molecule has 1 amide bonds. The number of hydrogen-bond donors (Lipinski definition) is 2. The molecule has 0 fully saturated rings. The van der Waals surface area contributed by atoms with Crippen LogP contribution in [0.5, 0.6) is 0 Å². The number of nitrogens with one attached hydrogen (secondary N) is 2. The summed E-state index contributed by atoms with van der Waals surface area (Å²) < 4.78 is 0. The van der Waals surface area contributed by atoms with Crippen molar-refractivity contribution in [2.45, 2.75) is 6.92 Å². The third-order valence-corrected chi connectivity index (χ3v) is 3.09. The topological polar surface area (TPSA) is 54.0 Å². The van der Waals surface area contributed by atoms with Crippen molar-refractivity contribution in [2.75, 3.05) is 17.7 Å². The molecule has 1 heterocycles. The molecule has 0 saturated carbocycles. The lowest BCUT2D eigenvalue weighted by Crippen LogP contribution is -2.06. The quantitative estimate of drug-likeness (QED) is 0.877. The summed E-state index contributed by atoms with van der Waals surface area (Å²) in [6.45, 7) is 1.50. The molecule has 4 nitrogen and oxygen atoms in total. The monoisotopic (exact) mass is 247 g/mol. The standard InChI is InChI=1S/C12H13N3OS/c1-8(16)14-10-6-4-3-5-9(10)11-7-17-12(13-2)15-11/h3-7H,1-2H3,(H,13,15)(H,14,16). The highest BCUT2D eigenvalue weighted by molar-refractivity contribution is 7.14. The fourth-order valence-corrected chi connectivity index (χ4v) is 2.19. The molecule has 5 heteroatoms. The lowest BCUT2D eigenvalue weighted by molar-refractivity contribution is -0.114. The van der Waals surface area contributed by atoms with E-state index in [9.17, 15) is 4.79 Å². The smallest absolute Gasteiger partial charge is 0.221 e. The van der Waals surface area contributed by atoms with Gasteiger partial charge in [-0.25, -0.2) is 4.98 Å². The van der Waals surface area contributed by atoms with Crippen LogP contribution in [-0.2, 0) is 4.79 Å².